The van der Waals surface area contributed by atoms with E-state index in [9.17, 15) is 35.9 Å². The average Bonchev–Trinajstić information content (AvgIpc) is 3.18. The van der Waals surface area contributed by atoms with Gasteiger partial charge in [-0.25, -0.2) is 19.9 Å². The van der Waals surface area contributed by atoms with Crippen molar-refractivity contribution < 1.29 is 35.9 Å². The van der Waals surface area contributed by atoms with E-state index in [2.05, 4.69) is 35.2 Å². The molecule has 0 aliphatic heterocycles. The highest BCUT2D eigenvalue weighted by Gasteiger charge is 2.32. The quantitative estimate of drug-likeness (QED) is 0.0902. The fourth-order valence-electron chi connectivity index (χ4n) is 4.18. The lowest BCUT2D eigenvalue weighted by Crippen LogP contribution is -2.09. The Hall–Kier alpha value is -6.13. The standard InChI is InChI=1S/C18H13F3N4O.C12H6ClF3N2O.C6H8N2/c19-18(20,21)15-5-1-4-13(7-15)16(26)14-10-24-17(25-11-14)23-9-12-3-2-6-22-8-12;13-11-17-5-8(6-18-11)10(19)7-2-1-3-9(4-7)12(14,15)16;7-4-6-2-1-3-8-5-6/h1-8,10-11H,9H2,(H,23,24,25);1-6H;1-3,5H,4,7H2. The van der Waals surface area contributed by atoms with Gasteiger partial charge in [0.1, 0.15) is 0 Å². The number of anilines is 1. The van der Waals surface area contributed by atoms with Crippen LogP contribution in [0.5, 0.6) is 0 Å². The molecule has 10 nitrogen and oxygen atoms in total. The first kappa shape index (κ1) is 39.7. The summed E-state index contributed by atoms with van der Waals surface area (Å²) in [4.78, 5) is 47.4. The summed E-state index contributed by atoms with van der Waals surface area (Å²) in [7, 11) is 0. The smallest absolute Gasteiger partial charge is 0.350 e. The zero-order chi connectivity index (χ0) is 38.4. The Bertz CT molecular complexity index is 2090. The van der Waals surface area contributed by atoms with E-state index in [0.717, 1.165) is 47.8 Å². The number of nitrogens with two attached hydrogens (primary N) is 1. The van der Waals surface area contributed by atoms with E-state index in [-0.39, 0.29) is 27.5 Å². The van der Waals surface area contributed by atoms with E-state index in [0.29, 0.717) is 19.0 Å². The van der Waals surface area contributed by atoms with E-state index < -0.39 is 35.0 Å². The number of aromatic nitrogens is 6. The number of rotatable bonds is 8. The lowest BCUT2D eigenvalue weighted by molar-refractivity contribution is -0.138. The first-order valence-electron chi connectivity index (χ1n) is 15.2. The normalized spacial score (nSPS) is 10.9. The summed E-state index contributed by atoms with van der Waals surface area (Å²) in [5, 5.41) is 2.93. The Balaban J connectivity index is 0.000000202. The molecule has 0 radical (unpaired) electrons. The number of nitrogens with zero attached hydrogens (tertiary/aromatic N) is 6. The van der Waals surface area contributed by atoms with E-state index >= 15 is 0 Å². The van der Waals surface area contributed by atoms with Crippen molar-refractivity contribution in [1.29, 1.82) is 0 Å². The maximum absolute atomic E-state index is 12.8. The van der Waals surface area contributed by atoms with Crippen LogP contribution in [0.2, 0.25) is 5.28 Å². The summed E-state index contributed by atoms with van der Waals surface area (Å²) < 4.78 is 75.9. The number of nitrogens with one attached hydrogen (secondary N) is 1. The number of carbonyl (C=O) groups excluding carboxylic acids is 2. The fraction of sp³-hybridized carbons (Fsp3) is 0.111. The third-order valence-corrected chi connectivity index (χ3v) is 7.03. The minimum Gasteiger partial charge on any atom is -0.350 e. The van der Waals surface area contributed by atoms with Gasteiger partial charge in [0.25, 0.3) is 0 Å². The van der Waals surface area contributed by atoms with Crippen molar-refractivity contribution in [2.45, 2.75) is 25.4 Å². The maximum atomic E-state index is 12.8. The van der Waals surface area contributed by atoms with Crippen LogP contribution in [0.1, 0.15) is 54.1 Å². The minimum atomic E-state index is -4.51. The number of benzene rings is 2. The Morgan fingerprint density at radius 1 is 0.604 bits per heavy atom. The van der Waals surface area contributed by atoms with Gasteiger partial charge in [-0.2, -0.15) is 26.3 Å². The van der Waals surface area contributed by atoms with Gasteiger partial charge >= 0.3 is 12.4 Å². The Kier molecular flexibility index (Phi) is 13.8. The second-order valence-electron chi connectivity index (χ2n) is 10.6. The molecule has 6 aromatic rings. The second-order valence-corrected chi connectivity index (χ2v) is 11.0. The van der Waals surface area contributed by atoms with Gasteiger partial charge in [0.15, 0.2) is 11.6 Å². The van der Waals surface area contributed by atoms with Crippen LogP contribution < -0.4 is 11.1 Å². The highest BCUT2D eigenvalue weighted by atomic mass is 35.5. The lowest BCUT2D eigenvalue weighted by Gasteiger charge is -2.08. The molecular weight excluding hydrogens is 726 g/mol. The number of hydrogen-bond acceptors (Lipinski definition) is 10. The van der Waals surface area contributed by atoms with Crippen molar-refractivity contribution in [3.63, 3.8) is 0 Å². The van der Waals surface area contributed by atoms with Gasteiger partial charge < -0.3 is 11.1 Å². The molecule has 0 fully saturated rings. The molecule has 53 heavy (non-hydrogen) atoms. The van der Waals surface area contributed by atoms with Crippen LogP contribution in [0, 0.1) is 0 Å². The molecule has 0 saturated carbocycles. The van der Waals surface area contributed by atoms with Crippen molar-refractivity contribution in [3.05, 3.63) is 172 Å². The molecule has 0 amide bonds. The molecule has 0 spiro atoms. The van der Waals surface area contributed by atoms with Crippen LogP contribution in [-0.4, -0.2) is 41.5 Å². The summed E-state index contributed by atoms with van der Waals surface area (Å²) in [6.45, 7) is 1.03. The molecule has 0 atom stereocenters. The van der Waals surface area contributed by atoms with Crippen molar-refractivity contribution in [2.24, 2.45) is 5.73 Å². The SMILES string of the molecule is NCc1cccnc1.O=C(c1cnc(Cl)nc1)c1cccc(C(F)(F)F)c1.O=C(c1cnc(NCc2cccnc2)nc1)c1cccc(C(F)(F)F)c1. The number of halogens is 7. The van der Waals surface area contributed by atoms with Gasteiger partial charge in [-0.3, -0.25) is 19.6 Å². The highest BCUT2D eigenvalue weighted by Crippen LogP contribution is 2.31. The third-order valence-electron chi connectivity index (χ3n) is 6.83. The van der Waals surface area contributed by atoms with Crippen LogP contribution >= 0.6 is 11.6 Å². The number of hydrogen-bond donors (Lipinski definition) is 2. The minimum absolute atomic E-state index is 0.0411. The fourth-order valence-corrected chi connectivity index (χ4v) is 4.27. The molecule has 4 aromatic heterocycles. The van der Waals surface area contributed by atoms with Gasteiger partial charge in [0.2, 0.25) is 11.2 Å². The summed E-state index contributed by atoms with van der Waals surface area (Å²) >= 11 is 5.47. The Labute approximate surface area is 303 Å². The molecule has 0 aliphatic carbocycles. The van der Waals surface area contributed by atoms with Crippen LogP contribution in [0.4, 0.5) is 32.3 Å². The summed E-state index contributed by atoms with van der Waals surface area (Å²) in [6, 6.07) is 15.9. The van der Waals surface area contributed by atoms with E-state index in [4.69, 9.17) is 17.3 Å². The molecule has 272 valence electrons. The molecule has 0 aliphatic rings. The number of carbonyl (C=O) groups is 2. The van der Waals surface area contributed by atoms with Crippen LogP contribution in [0.3, 0.4) is 0 Å². The predicted octanol–water partition coefficient (Wildman–Crippen LogP) is 7.65. The Morgan fingerprint density at radius 3 is 1.45 bits per heavy atom. The van der Waals surface area contributed by atoms with E-state index in [1.165, 1.54) is 36.7 Å². The molecule has 0 unspecified atom stereocenters. The van der Waals surface area contributed by atoms with Crippen LogP contribution in [0.25, 0.3) is 0 Å². The first-order chi connectivity index (χ1) is 25.2. The molecule has 0 bridgehead atoms. The van der Waals surface area contributed by atoms with Crippen molar-refractivity contribution in [3.8, 4) is 0 Å². The predicted molar refractivity (Wildman–Crippen MR) is 183 cm³/mol. The van der Waals surface area contributed by atoms with Gasteiger partial charge in [0, 0.05) is 73.8 Å². The summed E-state index contributed by atoms with van der Waals surface area (Å²) in [5.41, 5.74) is 5.59. The largest absolute Gasteiger partial charge is 0.416 e. The van der Waals surface area contributed by atoms with Crippen molar-refractivity contribution in [1.82, 2.24) is 29.9 Å². The number of ketones is 2. The first-order valence-corrected chi connectivity index (χ1v) is 15.6. The van der Waals surface area contributed by atoms with E-state index in [1.807, 2.05) is 18.2 Å². The molecule has 3 N–H and O–H groups in total. The number of alkyl halides is 6. The maximum Gasteiger partial charge on any atom is 0.416 e. The van der Waals surface area contributed by atoms with Crippen LogP contribution in [-0.2, 0) is 25.4 Å². The molecule has 4 heterocycles. The number of pyridine rings is 2. The zero-order valence-electron chi connectivity index (χ0n) is 27.2. The molecule has 6 rings (SSSR count). The third kappa shape index (κ3) is 12.3. The van der Waals surface area contributed by atoms with Gasteiger partial charge in [-0.15, -0.1) is 0 Å². The molecular formula is C36H27ClF6N8O2. The molecule has 0 saturated heterocycles. The summed E-state index contributed by atoms with van der Waals surface area (Å²) in [6.07, 6.45) is 2.74. The van der Waals surface area contributed by atoms with Crippen molar-refractivity contribution in [2.75, 3.05) is 5.32 Å². The molecule has 17 heteroatoms. The highest BCUT2D eigenvalue weighted by molar-refractivity contribution is 6.28. The lowest BCUT2D eigenvalue weighted by atomic mass is 10.0. The monoisotopic (exact) mass is 752 g/mol. The second kappa shape index (κ2) is 18.4. The topological polar surface area (TPSA) is 150 Å². The van der Waals surface area contributed by atoms with Gasteiger partial charge in [0.05, 0.1) is 22.3 Å². The molecule has 2 aromatic carbocycles. The van der Waals surface area contributed by atoms with Gasteiger partial charge in [-0.05, 0) is 59.1 Å². The zero-order valence-corrected chi connectivity index (χ0v) is 27.9. The summed E-state index contributed by atoms with van der Waals surface area (Å²) in [5.74, 6) is -0.868. The van der Waals surface area contributed by atoms with Crippen molar-refractivity contribution >= 4 is 29.1 Å². The van der Waals surface area contributed by atoms with E-state index in [1.54, 1.807) is 30.9 Å². The average molecular weight is 753 g/mol. The Morgan fingerprint density at radius 2 is 1.06 bits per heavy atom. The van der Waals surface area contributed by atoms with Gasteiger partial charge in [-0.1, -0.05) is 36.4 Å². The van der Waals surface area contributed by atoms with Crippen LogP contribution in [0.15, 0.2) is 122 Å².